The average molecular weight is 330 g/mol. The molecule has 1 spiro atoms. The van der Waals surface area contributed by atoms with Crippen LogP contribution >= 0.6 is 0 Å². The number of nitrogens with zero attached hydrogens (tertiary/aromatic N) is 2. The summed E-state index contributed by atoms with van der Waals surface area (Å²) in [6, 6.07) is 7.40. The molecule has 0 radical (unpaired) electrons. The number of piperidine rings is 1. The number of rotatable bonds is 3. The molecule has 3 aliphatic heterocycles. The Morgan fingerprint density at radius 1 is 1.21 bits per heavy atom. The molecule has 1 aromatic rings. The largest absolute Gasteiger partial charge is 0.493 e. The van der Waals surface area contributed by atoms with E-state index in [1.165, 1.54) is 36.8 Å². The summed E-state index contributed by atoms with van der Waals surface area (Å²) in [7, 11) is 4.41. The molecule has 24 heavy (non-hydrogen) atoms. The first-order valence-electron chi connectivity index (χ1n) is 9.41. The molecule has 2 fully saturated rings. The summed E-state index contributed by atoms with van der Waals surface area (Å²) in [5.41, 5.74) is 2.94. The zero-order chi connectivity index (χ0) is 16.6. The van der Waals surface area contributed by atoms with E-state index in [0.717, 1.165) is 45.0 Å². The highest BCUT2D eigenvalue weighted by atomic mass is 16.5. The lowest BCUT2D eigenvalue weighted by atomic mass is 9.82. The molecule has 0 N–H and O–H groups in total. The fourth-order valence-electron chi connectivity index (χ4n) is 4.51. The maximum atomic E-state index is 6.28. The van der Waals surface area contributed by atoms with Crippen LogP contribution in [0.1, 0.15) is 36.8 Å². The zero-order valence-corrected chi connectivity index (χ0v) is 15.1. The maximum absolute atomic E-state index is 6.28. The summed E-state index contributed by atoms with van der Waals surface area (Å²) < 4.78 is 11.9. The van der Waals surface area contributed by atoms with E-state index in [0.29, 0.717) is 6.04 Å². The van der Waals surface area contributed by atoms with Gasteiger partial charge < -0.3 is 14.4 Å². The van der Waals surface area contributed by atoms with Gasteiger partial charge in [0, 0.05) is 38.7 Å². The second-order valence-corrected chi connectivity index (χ2v) is 7.96. The molecule has 4 heteroatoms. The van der Waals surface area contributed by atoms with Crippen molar-refractivity contribution in [1.82, 2.24) is 9.80 Å². The van der Waals surface area contributed by atoms with Gasteiger partial charge in [0.2, 0.25) is 0 Å². The van der Waals surface area contributed by atoms with Gasteiger partial charge in [0.1, 0.15) is 5.75 Å². The Kier molecular flexibility index (Phi) is 4.54. The topological polar surface area (TPSA) is 24.9 Å². The van der Waals surface area contributed by atoms with Gasteiger partial charge in [-0.25, -0.2) is 0 Å². The van der Waals surface area contributed by atoms with Crippen LogP contribution in [-0.2, 0) is 17.7 Å². The summed E-state index contributed by atoms with van der Waals surface area (Å²) in [6.45, 7) is 5.12. The molecule has 1 unspecified atom stereocenters. The molecule has 1 atom stereocenters. The minimum absolute atomic E-state index is 0.134. The number of likely N-dealkylation sites (tertiary alicyclic amines) is 1. The number of hydrogen-bond donors (Lipinski definition) is 0. The Labute approximate surface area is 145 Å². The summed E-state index contributed by atoms with van der Waals surface area (Å²) >= 11 is 0. The first kappa shape index (κ1) is 16.4. The van der Waals surface area contributed by atoms with Crippen molar-refractivity contribution in [2.45, 2.75) is 50.3 Å². The first-order chi connectivity index (χ1) is 11.6. The SMILES string of the molecule is CN(C)C1CCOC2(CCN(Cc3ccc4c(c3)CCO4)CC2)C1. The number of fused-ring (bicyclic) bond motifs is 1. The van der Waals surface area contributed by atoms with Crippen LogP contribution in [0.3, 0.4) is 0 Å². The molecular weight excluding hydrogens is 300 g/mol. The third-order valence-electron chi connectivity index (χ3n) is 6.12. The van der Waals surface area contributed by atoms with Gasteiger partial charge in [0.25, 0.3) is 0 Å². The van der Waals surface area contributed by atoms with E-state index in [1.54, 1.807) is 0 Å². The molecule has 0 amide bonds. The van der Waals surface area contributed by atoms with Gasteiger partial charge in [-0.15, -0.1) is 0 Å². The van der Waals surface area contributed by atoms with Crippen molar-refractivity contribution < 1.29 is 9.47 Å². The molecule has 2 saturated heterocycles. The predicted molar refractivity (Wildman–Crippen MR) is 95.5 cm³/mol. The molecule has 1 aromatic carbocycles. The lowest BCUT2D eigenvalue weighted by Gasteiger charge is -2.47. The van der Waals surface area contributed by atoms with Crippen molar-refractivity contribution in [2.24, 2.45) is 0 Å². The van der Waals surface area contributed by atoms with Crippen LogP contribution in [0, 0.1) is 0 Å². The molecule has 132 valence electrons. The second-order valence-electron chi connectivity index (χ2n) is 7.96. The van der Waals surface area contributed by atoms with E-state index in [9.17, 15) is 0 Å². The number of benzene rings is 1. The highest BCUT2D eigenvalue weighted by Crippen LogP contribution is 2.36. The third kappa shape index (κ3) is 3.32. The molecule has 4 nitrogen and oxygen atoms in total. The van der Waals surface area contributed by atoms with Gasteiger partial charge in [0.05, 0.1) is 12.2 Å². The van der Waals surface area contributed by atoms with Gasteiger partial charge in [0.15, 0.2) is 0 Å². The molecule has 0 saturated carbocycles. The van der Waals surface area contributed by atoms with Gasteiger partial charge in [-0.1, -0.05) is 12.1 Å². The predicted octanol–water partition coefficient (Wildman–Crippen LogP) is 2.70. The highest BCUT2D eigenvalue weighted by molar-refractivity contribution is 5.39. The zero-order valence-electron chi connectivity index (χ0n) is 15.1. The normalized spacial score (nSPS) is 26.5. The number of ether oxygens (including phenoxy) is 2. The van der Waals surface area contributed by atoms with E-state index in [1.807, 2.05) is 0 Å². The molecule has 3 aliphatic rings. The standard InChI is InChI=1S/C20H30N2O2/c1-21(2)18-6-12-24-20(14-18)7-9-22(10-8-20)15-16-3-4-19-17(13-16)5-11-23-19/h3-4,13,18H,5-12,14-15H2,1-2H3. The maximum Gasteiger partial charge on any atom is 0.122 e. The fourth-order valence-corrected chi connectivity index (χ4v) is 4.51. The quantitative estimate of drug-likeness (QED) is 0.851. The summed E-state index contributed by atoms with van der Waals surface area (Å²) in [6.07, 6.45) is 5.78. The Bertz CT molecular complexity index is 579. The van der Waals surface area contributed by atoms with Gasteiger partial charge in [-0.05, 0) is 57.0 Å². The Hall–Kier alpha value is -1.10. The average Bonchev–Trinajstić information content (AvgIpc) is 3.05. The Morgan fingerprint density at radius 2 is 2.04 bits per heavy atom. The van der Waals surface area contributed by atoms with Crippen LogP contribution in [-0.4, -0.2) is 61.8 Å². The van der Waals surface area contributed by atoms with Gasteiger partial charge in [-0.3, -0.25) is 4.90 Å². The van der Waals surface area contributed by atoms with Crippen molar-refractivity contribution in [3.05, 3.63) is 29.3 Å². The van der Waals surface area contributed by atoms with E-state index in [4.69, 9.17) is 9.47 Å². The minimum atomic E-state index is 0.134. The van der Waals surface area contributed by atoms with Crippen molar-refractivity contribution in [3.8, 4) is 5.75 Å². The van der Waals surface area contributed by atoms with Gasteiger partial charge >= 0.3 is 0 Å². The molecule has 0 bridgehead atoms. The van der Waals surface area contributed by atoms with Crippen LogP contribution in [0.4, 0.5) is 0 Å². The second kappa shape index (κ2) is 6.66. The van der Waals surface area contributed by atoms with E-state index < -0.39 is 0 Å². The van der Waals surface area contributed by atoms with E-state index in [2.05, 4.69) is 42.1 Å². The van der Waals surface area contributed by atoms with Crippen LogP contribution in [0.15, 0.2) is 18.2 Å². The smallest absolute Gasteiger partial charge is 0.122 e. The van der Waals surface area contributed by atoms with Crippen LogP contribution in [0.25, 0.3) is 0 Å². The highest BCUT2D eigenvalue weighted by Gasteiger charge is 2.40. The van der Waals surface area contributed by atoms with Gasteiger partial charge in [-0.2, -0.15) is 0 Å². The van der Waals surface area contributed by atoms with Crippen molar-refractivity contribution >= 4 is 0 Å². The van der Waals surface area contributed by atoms with Crippen molar-refractivity contribution in [3.63, 3.8) is 0 Å². The third-order valence-corrected chi connectivity index (χ3v) is 6.12. The minimum Gasteiger partial charge on any atom is -0.493 e. The van der Waals surface area contributed by atoms with Crippen molar-refractivity contribution in [2.75, 3.05) is 40.4 Å². The summed E-state index contributed by atoms with van der Waals surface area (Å²) in [5.74, 6) is 1.08. The van der Waals surface area contributed by atoms with Crippen LogP contribution in [0.2, 0.25) is 0 Å². The van der Waals surface area contributed by atoms with Crippen LogP contribution in [0.5, 0.6) is 5.75 Å². The molecule has 4 rings (SSSR count). The summed E-state index contributed by atoms with van der Waals surface area (Å²) in [5, 5.41) is 0. The lowest BCUT2D eigenvalue weighted by molar-refractivity contribution is -0.130. The monoisotopic (exact) mass is 330 g/mol. The molecule has 3 heterocycles. The molecule has 0 aromatic heterocycles. The first-order valence-corrected chi connectivity index (χ1v) is 9.41. The summed E-state index contributed by atoms with van der Waals surface area (Å²) in [4.78, 5) is 4.97. The van der Waals surface area contributed by atoms with Crippen LogP contribution < -0.4 is 4.74 Å². The van der Waals surface area contributed by atoms with Crippen molar-refractivity contribution in [1.29, 1.82) is 0 Å². The fraction of sp³-hybridized carbons (Fsp3) is 0.700. The Balaban J connectivity index is 1.34. The van der Waals surface area contributed by atoms with E-state index >= 15 is 0 Å². The number of hydrogen-bond acceptors (Lipinski definition) is 4. The lowest BCUT2D eigenvalue weighted by Crippen LogP contribution is -2.52. The van der Waals surface area contributed by atoms with E-state index in [-0.39, 0.29) is 5.60 Å². The Morgan fingerprint density at radius 3 is 2.83 bits per heavy atom. The molecular formula is C20H30N2O2. The molecule has 0 aliphatic carbocycles.